The Morgan fingerprint density at radius 1 is 1.17 bits per heavy atom. The molecule has 0 saturated carbocycles. The number of nitrogen functional groups attached to an aromatic ring is 2. The normalized spacial score (nSPS) is 9.39. The van der Waals surface area contributed by atoms with Crippen molar-refractivity contribution in [3.63, 3.8) is 0 Å². The van der Waals surface area contributed by atoms with E-state index in [1.807, 2.05) is 24.3 Å². The number of hydrogen-bond donors (Lipinski definition) is 4. The first-order chi connectivity index (χ1) is 8.72. The third-order valence-electron chi connectivity index (χ3n) is 2.29. The van der Waals surface area contributed by atoms with Gasteiger partial charge in [0.25, 0.3) is 0 Å². The molecule has 0 radical (unpaired) electrons. The van der Waals surface area contributed by atoms with E-state index in [0.29, 0.717) is 5.69 Å². The fourth-order valence-electron chi connectivity index (χ4n) is 1.27. The van der Waals surface area contributed by atoms with Crippen molar-refractivity contribution in [3.05, 3.63) is 36.7 Å². The molecule has 0 fully saturated rings. The molecule has 5 nitrogen and oxygen atoms in total. The van der Waals surface area contributed by atoms with E-state index in [4.69, 9.17) is 11.5 Å². The Morgan fingerprint density at radius 2 is 1.89 bits per heavy atom. The van der Waals surface area contributed by atoms with Crippen molar-refractivity contribution in [2.24, 2.45) is 0 Å². The van der Waals surface area contributed by atoms with Gasteiger partial charge in [-0.1, -0.05) is 13.3 Å². The molecule has 1 aromatic heterocycles. The van der Waals surface area contributed by atoms with E-state index in [1.54, 1.807) is 12.4 Å². The third kappa shape index (κ3) is 5.79. The lowest BCUT2D eigenvalue weighted by Gasteiger charge is -2.04. The molecule has 0 aliphatic rings. The van der Waals surface area contributed by atoms with Crippen LogP contribution in [-0.2, 0) is 0 Å². The second-order valence-electron chi connectivity index (χ2n) is 3.93. The van der Waals surface area contributed by atoms with Gasteiger partial charge < -0.3 is 16.8 Å². The van der Waals surface area contributed by atoms with Gasteiger partial charge in [-0.3, -0.25) is 5.10 Å². The molecule has 0 aliphatic heterocycles. The molecule has 0 atom stereocenters. The highest BCUT2D eigenvalue weighted by Gasteiger charge is 1.89. The molecule has 1 aromatic carbocycles. The van der Waals surface area contributed by atoms with Crippen molar-refractivity contribution in [1.82, 2.24) is 10.2 Å². The molecule has 1 heterocycles. The summed E-state index contributed by atoms with van der Waals surface area (Å²) in [6.45, 7) is 3.23. The van der Waals surface area contributed by atoms with Gasteiger partial charge in [0.05, 0.1) is 11.9 Å². The summed E-state index contributed by atoms with van der Waals surface area (Å²) in [4.78, 5) is 0. The van der Waals surface area contributed by atoms with E-state index in [2.05, 4.69) is 22.4 Å². The minimum atomic E-state index is 0.676. The van der Waals surface area contributed by atoms with Gasteiger partial charge in [0.15, 0.2) is 0 Å². The van der Waals surface area contributed by atoms with Crippen molar-refractivity contribution >= 4 is 17.1 Å². The molecule has 0 bridgehead atoms. The Bertz CT molecular complexity index is 407. The standard InChI is InChI=1S/C10H16N2.C3H5N3/c1-2-3-8-12-10-6-4-9(11)5-7-10;4-3-1-5-6-2-3/h4-7,12H,2-3,8,11H2,1H3;1-2H,4H2,(H,5,6). The van der Waals surface area contributed by atoms with Crippen LogP contribution in [-0.4, -0.2) is 16.7 Å². The van der Waals surface area contributed by atoms with Crippen LogP contribution in [0, 0.1) is 0 Å². The van der Waals surface area contributed by atoms with Gasteiger partial charge in [-0.15, -0.1) is 0 Å². The number of benzene rings is 1. The molecule has 0 aliphatic carbocycles. The molecular formula is C13H21N5. The topological polar surface area (TPSA) is 92.8 Å². The Morgan fingerprint density at radius 3 is 2.33 bits per heavy atom. The van der Waals surface area contributed by atoms with E-state index in [0.717, 1.165) is 17.9 Å². The van der Waals surface area contributed by atoms with Crippen LogP contribution >= 0.6 is 0 Å². The van der Waals surface area contributed by atoms with Crippen LogP contribution in [0.2, 0.25) is 0 Å². The van der Waals surface area contributed by atoms with Crippen molar-refractivity contribution in [2.75, 3.05) is 23.3 Å². The second kappa shape index (κ2) is 8.00. The minimum absolute atomic E-state index is 0.676. The van der Waals surface area contributed by atoms with Crippen molar-refractivity contribution in [1.29, 1.82) is 0 Å². The second-order valence-corrected chi connectivity index (χ2v) is 3.93. The highest BCUT2D eigenvalue weighted by Crippen LogP contribution is 2.10. The number of nitrogens with one attached hydrogen (secondary N) is 2. The molecule has 0 amide bonds. The van der Waals surface area contributed by atoms with Gasteiger partial charge in [-0.05, 0) is 30.7 Å². The van der Waals surface area contributed by atoms with Crippen molar-refractivity contribution in [3.8, 4) is 0 Å². The maximum Gasteiger partial charge on any atom is 0.0717 e. The fraction of sp³-hybridized carbons (Fsp3) is 0.308. The number of rotatable bonds is 4. The summed E-state index contributed by atoms with van der Waals surface area (Å²) in [5, 5.41) is 9.44. The smallest absolute Gasteiger partial charge is 0.0717 e. The molecular weight excluding hydrogens is 226 g/mol. The zero-order chi connectivity index (χ0) is 13.2. The molecule has 0 saturated heterocycles. The van der Waals surface area contributed by atoms with Crippen LogP contribution < -0.4 is 16.8 Å². The average molecular weight is 247 g/mol. The number of anilines is 3. The van der Waals surface area contributed by atoms with Crippen LogP contribution in [0.4, 0.5) is 17.1 Å². The lowest BCUT2D eigenvalue weighted by Crippen LogP contribution is -2.00. The Balaban J connectivity index is 0.000000225. The van der Waals surface area contributed by atoms with Crippen LogP contribution in [0.5, 0.6) is 0 Å². The monoisotopic (exact) mass is 247 g/mol. The number of aromatic nitrogens is 2. The summed E-state index contributed by atoms with van der Waals surface area (Å²) in [5.74, 6) is 0. The van der Waals surface area contributed by atoms with E-state index in [9.17, 15) is 0 Å². The van der Waals surface area contributed by atoms with Gasteiger partial charge in [0, 0.05) is 24.1 Å². The number of H-pyrrole nitrogens is 1. The first-order valence-corrected chi connectivity index (χ1v) is 6.06. The maximum absolute atomic E-state index is 5.55. The summed E-state index contributed by atoms with van der Waals surface area (Å²) in [6.07, 6.45) is 5.62. The zero-order valence-electron chi connectivity index (χ0n) is 10.7. The van der Waals surface area contributed by atoms with Gasteiger partial charge in [-0.25, -0.2) is 0 Å². The van der Waals surface area contributed by atoms with Gasteiger partial charge in [0.2, 0.25) is 0 Å². The molecule has 98 valence electrons. The summed E-state index contributed by atoms with van der Waals surface area (Å²) in [6, 6.07) is 7.83. The quantitative estimate of drug-likeness (QED) is 0.493. The number of nitrogens with two attached hydrogens (primary N) is 2. The molecule has 0 spiro atoms. The Hall–Kier alpha value is -2.17. The van der Waals surface area contributed by atoms with Crippen molar-refractivity contribution in [2.45, 2.75) is 19.8 Å². The van der Waals surface area contributed by atoms with Crippen LogP contribution in [0.25, 0.3) is 0 Å². The minimum Gasteiger partial charge on any atom is -0.399 e. The molecule has 6 N–H and O–H groups in total. The summed E-state index contributed by atoms with van der Waals surface area (Å²) in [5.41, 5.74) is 13.4. The van der Waals surface area contributed by atoms with E-state index in [1.165, 1.54) is 12.8 Å². The van der Waals surface area contributed by atoms with Crippen LogP contribution in [0.1, 0.15) is 19.8 Å². The highest BCUT2D eigenvalue weighted by molar-refractivity contribution is 5.51. The zero-order valence-corrected chi connectivity index (χ0v) is 10.7. The van der Waals surface area contributed by atoms with Gasteiger partial charge >= 0.3 is 0 Å². The van der Waals surface area contributed by atoms with Gasteiger partial charge in [-0.2, -0.15) is 5.10 Å². The van der Waals surface area contributed by atoms with E-state index in [-0.39, 0.29) is 0 Å². The Labute approximate surface area is 108 Å². The summed E-state index contributed by atoms with van der Waals surface area (Å²) >= 11 is 0. The number of unbranched alkanes of at least 4 members (excludes halogenated alkanes) is 1. The predicted octanol–water partition coefficient (Wildman–Crippen LogP) is 2.47. The van der Waals surface area contributed by atoms with Gasteiger partial charge in [0.1, 0.15) is 0 Å². The first kappa shape index (κ1) is 13.9. The van der Waals surface area contributed by atoms with E-state index >= 15 is 0 Å². The van der Waals surface area contributed by atoms with Crippen molar-refractivity contribution < 1.29 is 0 Å². The number of aromatic amines is 1. The predicted molar refractivity (Wildman–Crippen MR) is 77.3 cm³/mol. The molecule has 2 rings (SSSR count). The van der Waals surface area contributed by atoms with Crippen LogP contribution in [0.3, 0.4) is 0 Å². The average Bonchev–Trinajstić information content (AvgIpc) is 2.84. The fourth-order valence-corrected chi connectivity index (χ4v) is 1.27. The van der Waals surface area contributed by atoms with E-state index < -0.39 is 0 Å². The molecule has 18 heavy (non-hydrogen) atoms. The SMILES string of the molecule is CCCCNc1ccc(N)cc1.Nc1cn[nH]c1. The largest absolute Gasteiger partial charge is 0.399 e. The number of hydrogen-bond acceptors (Lipinski definition) is 4. The summed E-state index contributed by atoms with van der Waals surface area (Å²) < 4.78 is 0. The lowest BCUT2D eigenvalue weighted by molar-refractivity contribution is 0.834. The number of nitrogens with zero attached hydrogens (tertiary/aromatic N) is 1. The third-order valence-corrected chi connectivity index (χ3v) is 2.29. The highest BCUT2D eigenvalue weighted by atomic mass is 15.1. The first-order valence-electron chi connectivity index (χ1n) is 6.06. The molecule has 0 unspecified atom stereocenters. The molecule has 5 heteroatoms. The molecule has 2 aromatic rings. The Kier molecular flexibility index (Phi) is 6.17. The van der Waals surface area contributed by atoms with Crippen LogP contribution in [0.15, 0.2) is 36.7 Å². The maximum atomic E-state index is 5.55. The lowest BCUT2D eigenvalue weighted by atomic mass is 10.2. The summed E-state index contributed by atoms with van der Waals surface area (Å²) in [7, 11) is 0.